The molecule has 1 aromatic carbocycles. The molecule has 32 heavy (non-hydrogen) atoms. The predicted octanol–water partition coefficient (Wildman–Crippen LogP) is 4.06. The zero-order valence-corrected chi connectivity index (χ0v) is 18.0. The highest BCUT2D eigenvalue weighted by Gasteiger charge is 2.26. The highest BCUT2D eigenvalue weighted by molar-refractivity contribution is 5.88. The largest absolute Gasteiger partial charge is 0.393 e. The van der Waals surface area contributed by atoms with E-state index in [0.29, 0.717) is 48.9 Å². The molecular formula is C23H28N6O3. The average molecular weight is 437 g/mol. The van der Waals surface area contributed by atoms with Crippen molar-refractivity contribution in [1.29, 1.82) is 0 Å². The van der Waals surface area contributed by atoms with E-state index in [-0.39, 0.29) is 17.6 Å². The van der Waals surface area contributed by atoms with E-state index in [1.54, 1.807) is 6.07 Å². The Morgan fingerprint density at radius 3 is 2.56 bits per heavy atom. The summed E-state index contributed by atoms with van der Waals surface area (Å²) in [7, 11) is 0. The van der Waals surface area contributed by atoms with E-state index >= 15 is 0 Å². The number of pyridine rings is 1. The van der Waals surface area contributed by atoms with Gasteiger partial charge >= 0.3 is 5.69 Å². The Kier molecular flexibility index (Phi) is 5.42. The molecule has 0 spiro atoms. The number of nitro groups is 1. The first-order valence-electron chi connectivity index (χ1n) is 11.4. The summed E-state index contributed by atoms with van der Waals surface area (Å²) in [5, 5.41) is 21.6. The number of rotatable bonds is 4. The van der Waals surface area contributed by atoms with E-state index in [9.17, 15) is 15.2 Å². The Morgan fingerprint density at radius 2 is 1.84 bits per heavy atom. The van der Waals surface area contributed by atoms with Crippen LogP contribution in [0, 0.1) is 10.1 Å². The molecule has 3 heterocycles. The van der Waals surface area contributed by atoms with Crippen molar-refractivity contribution in [2.24, 2.45) is 0 Å². The van der Waals surface area contributed by atoms with Gasteiger partial charge in [0, 0.05) is 19.1 Å². The summed E-state index contributed by atoms with van der Waals surface area (Å²) >= 11 is 0. The first kappa shape index (κ1) is 20.7. The molecule has 5 rings (SSSR count). The minimum Gasteiger partial charge on any atom is -0.393 e. The quantitative estimate of drug-likeness (QED) is 0.467. The van der Waals surface area contributed by atoms with E-state index in [2.05, 4.69) is 14.5 Å². The van der Waals surface area contributed by atoms with Crippen molar-refractivity contribution in [2.45, 2.75) is 57.1 Å². The minimum atomic E-state index is -0.466. The number of hydrogen-bond donors (Lipinski definition) is 2. The number of aliphatic hydroxyl groups is 1. The molecule has 0 unspecified atom stereocenters. The molecule has 1 saturated heterocycles. The van der Waals surface area contributed by atoms with Crippen LogP contribution in [-0.4, -0.2) is 43.8 Å². The lowest BCUT2D eigenvalue weighted by atomic mass is 9.95. The van der Waals surface area contributed by atoms with Crippen LogP contribution >= 0.6 is 0 Å². The van der Waals surface area contributed by atoms with E-state index in [1.807, 2.05) is 29.4 Å². The Morgan fingerprint density at radius 1 is 1.09 bits per heavy atom. The molecule has 3 N–H and O–H groups in total. The van der Waals surface area contributed by atoms with Crippen molar-refractivity contribution in [3.63, 3.8) is 0 Å². The van der Waals surface area contributed by atoms with Gasteiger partial charge in [-0.25, -0.2) is 9.97 Å². The minimum absolute atomic E-state index is 0.0959. The summed E-state index contributed by atoms with van der Waals surface area (Å²) in [4.78, 5) is 22.3. The van der Waals surface area contributed by atoms with Crippen molar-refractivity contribution in [1.82, 2.24) is 14.5 Å². The fourth-order valence-corrected chi connectivity index (χ4v) is 5.06. The second kappa shape index (κ2) is 8.38. The molecule has 2 aromatic heterocycles. The van der Waals surface area contributed by atoms with E-state index < -0.39 is 4.92 Å². The third-order valence-corrected chi connectivity index (χ3v) is 6.83. The maximum Gasteiger partial charge on any atom is 0.319 e. The standard InChI is InChI=1S/C23H28N6O3/c24-23-22(29(31)32)18(13-21(26-23)27-10-8-17(30)9-11-27)15-6-7-20-19(12-15)25-14-28(20)16-4-2-1-3-5-16/h6-7,12-14,16-17,30H,1-5,8-11H2,(H2,24,26). The molecule has 2 aliphatic rings. The Hall–Kier alpha value is -3.20. The molecular weight excluding hydrogens is 408 g/mol. The van der Waals surface area contributed by atoms with Crippen LogP contribution in [0.25, 0.3) is 22.2 Å². The number of nitrogen functional groups attached to an aromatic ring is 1. The maximum atomic E-state index is 11.8. The number of piperidine rings is 1. The number of anilines is 2. The first-order valence-corrected chi connectivity index (χ1v) is 11.4. The summed E-state index contributed by atoms with van der Waals surface area (Å²) in [6.45, 7) is 1.27. The number of imidazole rings is 1. The van der Waals surface area contributed by atoms with Gasteiger partial charge in [-0.15, -0.1) is 0 Å². The fraction of sp³-hybridized carbons (Fsp3) is 0.478. The normalized spacial score (nSPS) is 18.3. The monoisotopic (exact) mass is 436 g/mol. The highest BCUT2D eigenvalue weighted by Crippen LogP contribution is 2.39. The van der Waals surface area contributed by atoms with Gasteiger partial charge in [0.15, 0.2) is 0 Å². The molecule has 1 aliphatic carbocycles. The third-order valence-electron chi connectivity index (χ3n) is 6.83. The van der Waals surface area contributed by atoms with Crippen LogP contribution in [0.5, 0.6) is 0 Å². The SMILES string of the molecule is Nc1nc(N2CCC(O)CC2)cc(-c2ccc3c(c2)ncn3C2CCCCC2)c1[N+](=O)[O-]. The van der Waals surface area contributed by atoms with Crippen molar-refractivity contribution in [2.75, 3.05) is 23.7 Å². The van der Waals surface area contributed by atoms with Crippen LogP contribution in [0.15, 0.2) is 30.6 Å². The van der Waals surface area contributed by atoms with Crippen LogP contribution in [0.3, 0.4) is 0 Å². The Bertz CT molecular complexity index is 1150. The lowest BCUT2D eigenvalue weighted by molar-refractivity contribution is -0.383. The van der Waals surface area contributed by atoms with Gasteiger partial charge in [0.1, 0.15) is 5.82 Å². The Labute approximate surface area is 186 Å². The fourth-order valence-electron chi connectivity index (χ4n) is 5.06. The molecule has 0 radical (unpaired) electrons. The maximum absolute atomic E-state index is 11.8. The van der Waals surface area contributed by atoms with Crippen molar-refractivity contribution >= 4 is 28.4 Å². The van der Waals surface area contributed by atoms with Gasteiger partial charge in [-0.1, -0.05) is 25.3 Å². The number of nitrogens with two attached hydrogens (primary N) is 1. The molecule has 168 valence electrons. The van der Waals surface area contributed by atoms with Gasteiger partial charge in [-0.05, 0) is 49.4 Å². The van der Waals surface area contributed by atoms with Gasteiger partial charge in [-0.2, -0.15) is 0 Å². The first-order chi connectivity index (χ1) is 15.5. The van der Waals surface area contributed by atoms with E-state index in [0.717, 1.165) is 23.9 Å². The number of benzene rings is 1. The Balaban J connectivity index is 1.55. The number of aromatic nitrogens is 3. The van der Waals surface area contributed by atoms with Crippen LogP contribution < -0.4 is 10.6 Å². The zero-order valence-electron chi connectivity index (χ0n) is 18.0. The van der Waals surface area contributed by atoms with Crippen molar-refractivity contribution < 1.29 is 10.0 Å². The van der Waals surface area contributed by atoms with Gasteiger partial charge < -0.3 is 20.3 Å². The van der Waals surface area contributed by atoms with Gasteiger partial charge in [0.05, 0.1) is 34.0 Å². The molecule has 0 amide bonds. The summed E-state index contributed by atoms with van der Waals surface area (Å²) < 4.78 is 2.25. The van der Waals surface area contributed by atoms with Crippen LogP contribution in [-0.2, 0) is 0 Å². The second-order valence-corrected chi connectivity index (χ2v) is 8.88. The van der Waals surface area contributed by atoms with E-state index in [1.165, 1.54) is 19.3 Å². The molecule has 9 heteroatoms. The van der Waals surface area contributed by atoms with Gasteiger partial charge in [-0.3, -0.25) is 10.1 Å². The summed E-state index contributed by atoms with van der Waals surface area (Å²) in [5.41, 5.74) is 8.89. The summed E-state index contributed by atoms with van der Waals surface area (Å²) in [6.07, 6.45) is 8.94. The van der Waals surface area contributed by atoms with E-state index in [4.69, 9.17) is 5.73 Å². The molecule has 0 bridgehead atoms. The third kappa shape index (κ3) is 3.77. The molecule has 1 aliphatic heterocycles. The topological polar surface area (TPSA) is 123 Å². The lowest BCUT2D eigenvalue weighted by Gasteiger charge is -2.30. The summed E-state index contributed by atoms with van der Waals surface area (Å²) in [6, 6.07) is 8.02. The number of fused-ring (bicyclic) bond motifs is 1. The molecule has 1 saturated carbocycles. The van der Waals surface area contributed by atoms with Crippen LogP contribution in [0.4, 0.5) is 17.3 Å². The van der Waals surface area contributed by atoms with Crippen LogP contribution in [0.2, 0.25) is 0 Å². The highest BCUT2D eigenvalue weighted by atomic mass is 16.6. The predicted molar refractivity (Wildman–Crippen MR) is 124 cm³/mol. The second-order valence-electron chi connectivity index (χ2n) is 8.88. The molecule has 3 aromatic rings. The number of aliphatic hydroxyl groups excluding tert-OH is 1. The van der Waals surface area contributed by atoms with Gasteiger partial charge in [0.2, 0.25) is 5.82 Å². The van der Waals surface area contributed by atoms with Gasteiger partial charge in [0.25, 0.3) is 0 Å². The molecule has 2 fully saturated rings. The average Bonchev–Trinajstić information content (AvgIpc) is 3.22. The smallest absolute Gasteiger partial charge is 0.319 e. The number of nitrogens with zero attached hydrogens (tertiary/aromatic N) is 5. The summed E-state index contributed by atoms with van der Waals surface area (Å²) in [5.74, 6) is 0.504. The number of hydrogen-bond acceptors (Lipinski definition) is 7. The van der Waals surface area contributed by atoms with Crippen LogP contribution in [0.1, 0.15) is 51.0 Å². The molecule has 0 atom stereocenters. The zero-order chi connectivity index (χ0) is 22.2. The van der Waals surface area contributed by atoms with Crippen molar-refractivity contribution in [3.8, 4) is 11.1 Å². The molecule has 9 nitrogen and oxygen atoms in total. The lowest BCUT2D eigenvalue weighted by Crippen LogP contribution is -2.36. The van der Waals surface area contributed by atoms with Crippen molar-refractivity contribution in [3.05, 3.63) is 40.7 Å².